The van der Waals surface area contributed by atoms with Crippen LogP contribution in [0.1, 0.15) is 12.5 Å². The summed E-state index contributed by atoms with van der Waals surface area (Å²) in [6.07, 6.45) is -3.18. The van der Waals surface area contributed by atoms with Gasteiger partial charge in [-0.15, -0.1) is 0 Å². The van der Waals surface area contributed by atoms with Gasteiger partial charge >= 0.3 is 12.3 Å². The van der Waals surface area contributed by atoms with Crippen molar-refractivity contribution in [1.82, 2.24) is 0 Å². The number of alkyl halides is 4. The van der Waals surface area contributed by atoms with Crippen molar-refractivity contribution in [2.45, 2.75) is 25.7 Å². The van der Waals surface area contributed by atoms with E-state index in [2.05, 4.69) is 4.74 Å². The first-order valence-electron chi connectivity index (χ1n) is 4.97. The van der Waals surface area contributed by atoms with E-state index in [1.165, 1.54) is 12.1 Å². The number of aryl methyl sites for hydroxylation is 1. The summed E-state index contributed by atoms with van der Waals surface area (Å²) in [5, 5.41) is 9.31. The molecule has 0 saturated heterocycles. The van der Waals surface area contributed by atoms with Crippen molar-refractivity contribution in [1.29, 1.82) is 0 Å². The average Bonchev–Trinajstić information content (AvgIpc) is 2.28. The maximum absolute atomic E-state index is 12.6. The molecule has 0 heterocycles. The lowest BCUT2D eigenvalue weighted by atomic mass is 10.1. The molecule has 0 aliphatic rings. The van der Waals surface area contributed by atoms with Crippen molar-refractivity contribution in [3.8, 4) is 11.5 Å². The van der Waals surface area contributed by atoms with E-state index in [9.17, 15) is 22.7 Å². The van der Waals surface area contributed by atoms with Crippen molar-refractivity contribution in [3.63, 3.8) is 0 Å². The molecule has 1 aromatic rings. The number of phenols is 1. The molecule has 2 nitrogen and oxygen atoms in total. The maximum atomic E-state index is 12.6. The molecular formula is C11H12F4O2. The first-order chi connectivity index (χ1) is 7.86. The van der Waals surface area contributed by atoms with Gasteiger partial charge in [0.05, 0.1) is 0 Å². The first-order valence-corrected chi connectivity index (χ1v) is 4.97. The summed E-state index contributed by atoms with van der Waals surface area (Å²) in [7, 11) is 0. The zero-order chi connectivity index (χ0) is 13.1. The smallest absolute Gasteiger partial charge is 0.340 e. The van der Waals surface area contributed by atoms with Gasteiger partial charge in [0.15, 0.2) is 18.1 Å². The van der Waals surface area contributed by atoms with Crippen molar-refractivity contribution < 1.29 is 27.4 Å². The Morgan fingerprint density at radius 1 is 1.35 bits per heavy atom. The highest BCUT2D eigenvalue weighted by Crippen LogP contribution is 2.30. The quantitative estimate of drug-likeness (QED) is 0.815. The van der Waals surface area contributed by atoms with Crippen LogP contribution in [0.5, 0.6) is 11.5 Å². The van der Waals surface area contributed by atoms with E-state index in [4.69, 9.17) is 0 Å². The SMILES string of the molecule is CCc1ccc(O)c(OCC(F)(F)C(F)F)c1. The summed E-state index contributed by atoms with van der Waals surface area (Å²) in [5.41, 5.74) is 0.748. The molecular weight excluding hydrogens is 240 g/mol. The molecule has 17 heavy (non-hydrogen) atoms. The Bertz CT molecular complexity index is 380. The van der Waals surface area contributed by atoms with Gasteiger partial charge in [-0.1, -0.05) is 13.0 Å². The van der Waals surface area contributed by atoms with Crippen molar-refractivity contribution in [2.75, 3.05) is 6.61 Å². The number of ether oxygens (including phenoxy) is 1. The fourth-order valence-corrected chi connectivity index (χ4v) is 1.13. The van der Waals surface area contributed by atoms with Crippen molar-refractivity contribution in [2.24, 2.45) is 0 Å². The molecule has 0 saturated carbocycles. The summed E-state index contributed by atoms with van der Waals surface area (Å²) in [6.45, 7) is 0.356. The number of hydrogen-bond acceptors (Lipinski definition) is 2. The van der Waals surface area contributed by atoms with Gasteiger partial charge in [-0.2, -0.15) is 8.78 Å². The normalized spacial score (nSPS) is 11.9. The highest BCUT2D eigenvalue weighted by Gasteiger charge is 2.41. The Balaban J connectivity index is 2.75. The van der Waals surface area contributed by atoms with E-state index in [0.717, 1.165) is 5.56 Å². The first kappa shape index (κ1) is 13.6. The summed E-state index contributed by atoms with van der Waals surface area (Å²) in [6, 6.07) is 4.21. The van der Waals surface area contributed by atoms with Crippen LogP contribution in [0.3, 0.4) is 0 Å². The fraction of sp³-hybridized carbons (Fsp3) is 0.455. The van der Waals surface area contributed by atoms with E-state index in [0.29, 0.717) is 6.42 Å². The van der Waals surface area contributed by atoms with Crippen LogP contribution in [0, 0.1) is 0 Å². The van der Waals surface area contributed by atoms with Gasteiger partial charge in [0.1, 0.15) is 0 Å². The second-order valence-electron chi connectivity index (χ2n) is 3.51. The molecule has 0 amide bonds. The molecule has 96 valence electrons. The van der Waals surface area contributed by atoms with Gasteiger partial charge in [0, 0.05) is 0 Å². The van der Waals surface area contributed by atoms with Gasteiger partial charge in [0.25, 0.3) is 0 Å². The van der Waals surface area contributed by atoms with Crippen LogP contribution in [0.25, 0.3) is 0 Å². The predicted molar refractivity (Wildman–Crippen MR) is 53.9 cm³/mol. The molecule has 0 aromatic heterocycles. The molecule has 0 fully saturated rings. The zero-order valence-corrected chi connectivity index (χ0v) is 9.09. The summed E-state index contributed by atoms with van der Waals surface area (Å²) in [4.78, 5) is 0. The second kappa shape index (κ2) is 5.25. The molecule has 0 unspecified atom stereocenters. The molecule has 0 bridgehead atoms. The molecule has 1 aromatic carbocycles. The third-order valence-corrected chi connectivity index (χ3v) is 2.17. The molecule has 0 spiro atoms. The van der Waals surface area contributed by atoms with E-state index in [1.807, 2.05) is 6.92 Å². The third kappa shape index (κ3) is 3.51. The van der Waals surface area contributed by atoms with E-state index in [1.54, 1.807) is 6.07 Å². The van der Waals surface area contributed by atoms with Crippen LogP contribution in [-0.2, 0) is 6.42 Å². The molecule has 1 rings (SSSR count). The number of aromatic hydroxyl groups is 1. The Kier molecular flexibility index (Phi) is 4.20. The van der Waals surface area contributed by atoms with Crippen molar-refractivity contribution >= 4 is 0 Å². The number of hydrogen-bond donors (Lipinski definition) is 1. The van der Waals surface area contributed by atoms with Crippen LogP contribution in [0.4, 0.5) is 17.6 Å². The molecule has 0 aliphatic heterocycles. The van der Waals surface area contributed by atoms with Gasteiger partial charge < -0.3 is 9.84 Å². The monoisotopic (exact) mass is 252 g/mol. The van der Waals surface area contributed by atoms with Gasteiger partial charge in [0.2, 0.25) is 0 Å². The standard InChI is InChI=1S/C11H12F4O2/c1-2-7-3-4-8(16)9(5-7)17-6-11(14,15)10(12)13/h3-5,10,16H,2,6H2,1H3. The number of rotatable bonds is 5. The summed E-state index contributed by atoms with van der Waals surface area (Å²) in [5.74, 6) is -4.80. The highest BCUT2D eigenvalue weighted by atomic mass is 19.3. The minimum Gasteiger partial charge on any atom is -0.504 e. The highest BCUT2D eigenvalue weighted by molar-refractivity contribution is 5.41. The topological polar surface area (TPSA) is 29.5 Å². The van der Waals surface area contributed by atoms with E-state index >= 15 is 0 Å². The Hall–Kier alpha value is -1.46. The number of halogens is 4. The lowest BCUT2D eigenvalue weighted by Gasteiger charge is -2.16. The molecule has 0 radical (unpaired) electrons. The van der Waals surface area contributed by atoms with Gasteiger partial charge in [-0.25, -0.2) is 8.78 Å². The van der Waals surface area contributed by atoms with Gasteiger partial charge in [-0.3, -0.25) is 0 Å². The number of phenolic OH excluding ortho intramolecular Hbond substituents is 1. The number of benzene rings is 1. The third-order valence-electron chi connectivity index (χ3n) is 2.17. The zero-order valence-electron chi connectivity index (χ0n) is 9.09. The van der Waals surface area contributed by atoms with E-state index in [-0.39, 0.29) is 11.5 Å². The van der Waals surface area contributed by atoms with Crippen LogP contribution in [-0.4, -0.2) is 24.1 Å². The maximum Gasteiger partial charge on any atom is 0.340 e. The Morgan fingerprint density at radius 3 is 2.53 bits per heavy atom. The molecule has 6 heteroatoms. The lowest BCUT2D eigenvalue weighted by molar-refractivity contribution is -0.148. The largest absolute Gasteiger partial charge is 0.504 e. The Labute approximate surface area is 95.8 Å². The van der Waals surface area contributed by atoms with Crippen LogP contribution >= 0.6 is 0 Å². The Morgan fingerprint density at radius 2 is 2.00 bits per heavy atom. The predicted octanol–water partition coefficient (Wildman–Crippen LogP) is 3.23. The fourth-order valence-electron chi connectivity index (χ4n) is 1.13. The van der Waals surface area contributed by atoms with Crippen LogP contribution in [0.2, 0.25) is 0 Å². The minimum absolute atomic E-state index is 0.218. The van der Waals surface area contributed by atoms with E-state index < -0.39 is 19.0 Å². The van der Waals surface area contributed by atoms with Crippen LogP contribution < -0.4 is 4.74 Å². The summed E-state index contributed by atoms with van der Waals surface area (Å²) >= 11 is 0. The molecule has 0 aliphatic carbocycles. The van der Waals surface area contributed by atoms with Gasteiger partial charge in [-0.05, 0) is 24.1 Å². The van der Waals surface area contributed by atoms with Crippen molar-refractivity contribution in [3.05, 3.63) is 23.8 Å². The summed E-state index contributed by atoms with van der Waals surface area (Å²) < 4.78 is 53.4. The average molecular weight is 252 g/mol. The lowest BCUT2D eigenvalue weighted by Crippen LogP contribution is -2.33. The second-order valence-corrected chi connectivity index (χ2v) is 3.51. The molecule has 0 atom stereocenters. The minimum atomic E-state index is -4.23. The van der Waals surface area contributed by atoms with Crippen LogP contribution in [0.15, 0.2) is 18.2 Å². The molecule has 1 N–H and O–H groups in total.